The lowest BCUT2D eigenvalue weighted by atomic mass is 10.0. The topological polar surface area (TPSA) is 128 Å². The number of rotatable bonds is 12. The average molecular weight is 863 g/mol. The van der Waals surface area contributed by atoms with Crippen LogP contribution in [0.25, 0.3) is 33.0 Å². The standard InChI is InChI=1S/C28H28N2O4.C24H26N2O4/c1-28(2,32)18-34-25-11-10-23(16-26(25)33-3)30-13-12-29-17-22(15-24(29)27(30)31)21-9-8-19-6-4-5-7-20(19)14-21;1-24(2,28)16-30-21-10-9-19(14-22(21)29-3)26-12-11-25-15-18(13-20(25)23(26)27)17-7-5-4-6-8-17/h4-11,14-17,32H,12-13,18H2,1-3H3;4-10,13-15,28H,11-12,16H2,1-3H3. The van der Waals surface area contributed by atoms with Gasteiger partial charge < -0.3 is 48.1 Å². The van der Waals surface area contributed by atoms with E-state index in [9.17, 15) is 19.8 Å². The molecule has 0 saturated carbocycles. The normalized spacial score (nSPS) is 13.8. The number of methoxy groups -OCH3 is 2. The van der Waals surface area contributed by atoms with E-state index in [0.29, 0.717) is 60.6 Å². The maximum absolute atomic E-state index is 13.4. The van der Waals surface area contributed by atoms with Crippen molar-refractivity contribution in [2.45, 2.75) is 52.0 Å². The quantitative estimate of drug-likeness (QED) is 0.125. The monoisotopic (exact) mass is 862 g/mol. The van der Waals surface area contributed by atoms with Gasteiger partial charge in [-0.2, -0.15) is 0 Å². The second-order valence-electron chi connectivity index (χ2n) is 17.3. The number of nitrogens with zero attached hydrogens (tertiary/aromatic N) is 4. The first-order valence-corrected chi connectivity index (χ1v) is 21.3. The van der Waals surface area contributed by atoms with Crippen LogP contribution in [-0.2, 0) is 13.1 Å². The Labute approximate surface area is 373 Å². The van der Waals surface area contributed by atoms with Gasteiger partial charge >= 0.3 is 0 Å². The van der Waals surface area contributed by atoms with Crippen molar-refractivity contribution >= 4 is 34.0 Å². The SMILES string of the molecule is COc1cc(N2CCn3cc(-c4ccc5ccccc5c4)cc3C2=O)ccc1OCC(C)(C)O.COc1cc(N2CCn3cc(-c4ccccc4)cc3C2=O)ccc1OCC(C)(C)O. The molecule has 9 rings (SSSR count). The first-order valence-electron chi connectivity index (χ1n) is 21.3. The molecule has 0 spiro atoms. The zero-order valence-electron chi connectivity index (χ0n) is 37.1. The van der Waals surface area contributed by atoms with E-state index in [1.807, 2.05) is 82.1 Å². The first-order chi connectivity index (χ1) is 30.7. The van der Waals surface area contributed by atoms with Crippen LogP contribution < -0.4 is 28.7 Å². The van der Waals surface area contributed by atoms with Gasteiger partial charge in [-0.05, 0) is 92.1 Å². The summed E-state index contributed by atoms with van der Waals surface area (Å²) in [6.07, 6.45) is 4.09. The van der Waals surface area contributed by atoms with Gasteiger partial charge in [0.15, 0.2) is 23.0 Å². The molecule has 0 saturated heterocycles. The number of aromatic nitrogens is 2. The molecule has 12 heteroatoms. The van der Waals surface area contributed by atoms with Crippen LogP contribution in [-0.4, -0.2) is 82.9 Å². The number of anilines is 2. The number of carbonyl (C=O) groups is 2. The fraction of sp³-hybridized carbons (Fsp3) is 0.269. The fourth-order valence-electron chi connectivity index (χ4n) is 7.85. The summed E-state index contributed by atoms with van der Waals surface area (Å²) in [6.45, 7) is 9.55. The number of benzene rings is 5. The lowest BCUT2D eigenvalue weighted by molar-refractivity contribution is 0.0273. The minimum atomic E-state index is -0.958. The third kappa shape index (κ3) is 9.63. The summed E-state index contributed by atoms with van der Waals surface area (Å²) in [5.74, 6) is 2.01. The third-order valence-corrected chi connectivity index (χ3v) is 11.1. The van der Waals surface area contributed by atoms with Crippen LogP contribution in [0.2, 0.25) is 0 Å². The molecule has 0 radical (unpaired) electrons. The summed E-state index contributed by atoms with van der Waals surface area (Å²) < 4.78 is 26.4. The van der Waals surface area contributed by atoms with Crippen LogP contribution in [0.4, 0.5) is 11.4 Å². The summed E-state index contributed by atoms with van der Waals surface area (Å²) in [7, 11) is 3.13. The highest BCUT2D eigenvalue weighted by Crippen LogP contribution is 2.37. The Morgan fingerprint density at radius 1 is 0.484 bits per heavy atom. The molecule has 7 aromatic rings. The number of amides is 2. The molecule has 2 N–H and O–H groups in total. The van der Waals surface area contributed by atoms with Gasteiger partial charge in [-0.3, -0.25) is 9.59 Å². The number of hydrogen-bond acceptors (Lipinski definition) is 8. The Bertz CT molecular complexity index is 2800. The zero-order chi connectivity index (χ0) is 45.2. The minimum Gasteiger partial charge on any atom is -0.493 e. The zero-order valence-corrected chi connectivity index (χ0v) is 37.1. The molecule has 12 nitrogen and oxygen atoms in total. The Morgan fingerprint density at radius 3 is 1.44 bits per heavy atom. The van der Waals surface area contributed by atoms with Crippen molar-refractivity contribution in [3.63, 3.8) is 0 Å². The van der Waals surface area contributed by atoms with Crippen molar-refractivity contribution in [1.82, 2.24) is 9.13 Å². The molecule has 2 amide bonds. The van der Waals surface area contributed by atoms with Crippen molar-refractivity contribution in [3.8, 4) is 45.3 Å². The van der Waals surface area contributed by atoms with Crippen LogP contribution in [0.1, 0.15) is 48.7 Å². The van der Waals surface area contributed by atoms with Crippen LogP contribution >= 0.6 is 0 Å². The van der Waals surface area contributed by atoms with Crippen molar-refractivity contribution in [1.29, 1.82) is 0 Å². The summed E-state index contributed by atoms with van der Waals surface area (Å²) in [6, 6.07) is 39.5. The number of carbonyl (C=O) groups excluding carboxylic acids is 2. The maximum atomic E-state index is 13.4. The van der Waals surface area contributed by atoms with Gasteiger partial charge in [-0.15, -0.1) is 0 Å². The molecule has 4 heterocycles. The molecule has 330 valence electrons. The summed E-state index contributed by atoms with van der Waals surface area (Å²) in [5, 5.41) is 22.2. The van der Waals surface area contributed by atoms with Gasteiger partial charge in [-0.25, -0.2) is 0 Å². The summed E-state index contributed by atoms with van der Waals surface area (Å²) >= 11 is 0. The van der Waals surface area contributed by atoms with Gasteiger partial charge in [0.1, 0.15) is 24.6 Å². The van der Waals surface area contributed by atoms with Gasteiger partial charge in [0.2, 0.25) is 0 Å². The van der Waals surface area contributed by atoms with Gasteiger partial charge in [0, 0.05) is 73.2 Å². The van der Waals surface area contributed by atoms with E-state index < -0.39 is 11.2 Å². The number of fused-ring (bicyclic) bond motifs is 3. The van der Waals surface area contributed by atoms with Crippen molar-refractivity contribution in [2.24, 2.45) is 0 Å². The Hall–Kier alpha value is -7.02. The predicted octanol–water partition coefficient (Wildman–Crippen LogP) is 9.10. The highest BCUT2D eigenvalue weighted by atomic mass is 16.5. The highest BCUT2D eigenvalue weighted by molar-refractivity contribution is 6.07. The lowest BCUT2D eigenvalue weighted by Gasteiger charge is -2.29. The largest absolute Gasteiger partial charge is 0.493 e. The fourth-order valence-corrected chi connectivity index (χ4v) is 7.85. The Morgan fingerprint density at radius 2 is 0.953 bits per heavy atom. The van der Waals surface area contributed by atoms with Crippen LogP contribution in [0.15, 0.2) is 134 Å². The minimum absolute atomic E-state index is 0.0457. The molecule has 64 heavy (non-hydrogen) atoms. The predicted molar refractivity (Wildman–Crippen MR) is 250 cm³/mol. The Kier molecular flexibility index (Phi) is 12.3. The van der Waals surface area contributed by atoms with Crippen molar-refractivity contribution in [2.75, 3.05) is 50.3 Å². The number of aliphatic hydroxyl groups is 2. The van der Waals surface area contributed by atoms with E-state index in [1.54, 1.807) is 76.0 Å². The van der Waals surface area contributed by atoms with E-state index in [4.69, 9.17) is 18.9 Å². The van der Waals surface area contributed by atoms with Gasteiger partial charge in [0.05, 0.1) is 25.4 Å². The van der Waals surface area contributed by atoms with Gasteiger partial charge in [-0.1, -0.05) is 66.7 Å². The third-order valence-electron chi connectivity index (χ3n) is 11.1. The summed E-state index contributed by atoms with van der Waals surface area (Å²) in [4.78, 5) is 30.1. The molecule has 2 aliphatic rings. The van der Waals surface area contributed by atoms with Crippen LogP contribution in [0.5, 0.6) is 23.0 Å². The van der Waals surface area contributed by atoms with E-state index in [1.165, 1.54) is 10.8 Å². The molecular formula is C52H54N4O8. The molecule has 5 aromatic carbocycles. The molecule has 0 bridgehead atoms. The molecule has 2 aromatic heterocycles. The molecule has 0 atom stereocenters. The molecular weight excluding hydrogens is 809 g/mol. The summed E-state index contributed by atoms with van der Waals surface area (Å²) in [5.41, 5.74) is 5.17. The van der Waals surface area contributed by atoms with Crippen molar-refractivity contribution in [3.05, 3.63) is 145 Å². The second kappa shape index (κ2) is 18.0. The molecule has 0 unspecified atom stereocenters. The Balaban J connectivity index is 0.000000176. The van der Waals surface area contributed by atoms with E-state index in [-0.39, 0.29) is 25.0 Å². The van der Waals surface area contributed by atoms with Crippen LogP contribution in [0, 0.1) is 0 Å². The van der Waals surface area contributed by atoms with E-state index in [2.05, 4.69) is 36.5 Å². The average Bonchev–Trinajstić information content (AvgIpc) is 3.94. The highest BCUT2D eigenvalue weighted by Gasteiger charge is 2.29. The smallest absolute Gasteiger partial charge is 0.274 e. The van der Waals surface area contributed by atoms with Crippen molar-refractivity contribution < 1.29 is 38.7 Å². The molecule has 0 fully saturated rings. The maximum Gasteiger partial charge on any atom is 0.274 e. The molecule has 0 aliphatic carbocycles. The first kappa shape index (κ1) is 43.6. The van der Waals surface area contributed by atoms with E-state index >= 15 is 0 Å². The lowest BCUT2D eigenvalue weighted by Crippen LogP contribution is -2.39. The van der Waals surface area contributed by atoms with E-state index in [0.717, 1.165) is 33.6 Å². The second-order valence-corrected chi connectivity index (χ2v) is 17.3. The van der Waals surface area contributed by atoms with Crippen LogP contribution in [0.3, 0.4) is 0 Å². The molecule has 2 aliphatic heterocycles. The number of hydrogen-bond donors (Lipinski definition) is 2. The number of ether oxygens (including phenoxy) is 4. The van der Waals surface area contributed by atoms with Gasteiger partial charge in [0.25, 0.3) is 11.8 Å².